The van der Waals surface area contributed by atoms with Crippen molar-refractivity contribution in [3.63, 3.8) is 0 Å². The molecule has 16 heavy (non-hydrogen) atoms. The summed E-state index contributed by atoms with van der Waals surface area (Å²) in [6.07, 6.45) is 1.29. The van der Waals surface area contributed by atoms with Crippen molar-refractivity contribution in [3.8, 4) is 0 Å². The topological polar surface area (TPSA) is 12.5 Å². The summed E-state index contributed by atoms with van der Waals surface area (Å²) in [7, 11) is 0. The third-order valence-electron chi connectivity index (χ3n) is 4.81. The Bertz CT molecular complexity index is 252. The highest BCUT2D eigenvalue weighted by Gasteiger charge is 2.59. The summed E-state index contributed by atoms with van der Waals surface area (Å²) < 4.78 is 5.45. The predicted octanol–water partition coefficient (Wildman–Crippen LogP) is 2.25. The van der Waals surface area contributed by atoms with Crippen molar-refractivity contribution in [2.24, 2.45) is 29.1 Å². The van der Waals surface area contributed by atoms with Crippen molar-refractivity contribution in [2.75, 3.05) is 32.8 Å². The maximum atomic E-state index is 5.45. The average molecular weight is 223 g/mol. The molecule has 3 aliphatic rings. The summed E-state index contributed by atoms with van der Waals surface area (Å²) in [6.45, 7) is 13.3. The molecule has 2 aliphatic heterocycles. The third kappa shape index (κ3) is 1.91. The van der Waals surface area contributed by atoms with Crippen LogP contribution >= 0.6 is 0 Å². The predicted molar refractivity (Wildman–Crippen MR) is 65.3 cm³/mol. The number of piperidine rings is 1. The molecule has 0 aromatic rings. The highest BCUT2D eigenvalue weighted by atomic mass is 16.5. The minimum atomic E-state index is 0.540. The lowest BCUT2D eigenvalue weighted by molar-refractivity contribution is 0.163. The molecule has 1 aliphatic carbocycles. The van der Waals surface area contributed by atoms with Gasteiger partial charge in [0.05, 0.1) is 6.61 Å². The Kier molecular flexibility index (Phi) is 2.56. The molecule has 92 valence electrons. The summed E-state index contributed by atoms with van der Waals surface area (Å²) >= 11 is 0. The molecule has 3 rings (SSSR count). The van der Waals surface area contributed by atoms with Gasteiger partial charge in [-0.15, -0.1) is 0 Å². The lowest BCUT2D eigenvalue weighted by Gasteiger charge is -2.27. The first-order valence-electron chi connectivity index (χ1n) is 6.86. The van der Waals surface area contributed by atoms with Crippen molar-refractivity contribution in [1.82, 2.24) is 4.90 Å². The van der Waals surface area contributed by atoms with Crippen LogP contribution in [-0.4, -0.2) is 37.7 Å². The van der Waals surface area contributed by atoms with Crippen LogP contribution < -0.4 is 0 Å². The quantitative estimate of drug-likeness (QED) is 0.712. The van der Waals surface area contributed by atoms with Crippen LogP contribution in [0, 0.1) is 29.1 Å². The number of hydrogen-bond acceptors (Lipinski definition) is 2. The number of nitrogens with zero attached hydrogens (tertiary/aromatic N) is 1. The van der Waals surface area contributed by atoms with Gasteiger partial charge in [0.1, 0.15) is 0 Å². The number of likely N-dealkylation sites (tertiary alicyclic amines) is 1. The van der Waals surface area contributed by atoms with E-state index in [1.807, 2.05) is 0 Å². The Balaban J connectivity index is 1.48. The Morgan fingerprint density at radius 2 is 1.88 bits per heavy atom. The van der Waals surface area contributed by atoms with E-state index >= 15 is 0 Å². The van der Waals surface area contributed by atoms with Gasteiger partial charge in [0.2, 0.25) is 0 Å². The van der Waals surface area contributed by atoms with Crippen LogP contribution in [0.3, 0.4) is 0 Å². The Morgan fingerprint density at radius 3 is 2.38 bits per heavy atom. The second kappa shape index (κ2) is 3.71. The van der Waals surface area contributed by atoms with Crippen LogP contribution in [0.2, 0.25) is 0 Å². The molecule has 1 saturated carbocycles. The van der Waals surface area contributed by atoms with Crippen LogP contribution in [0.15, 0.2) is 0 Å². The first-order valence-corrected chi connectivity index (χ1v) is 6.86. The van der Waals surface area contributed by atoms with Crippen LogP contribution in [0.5, 0.6) is 0 Å². The first kappa shape index (κ1) is 11.0. The van der Waals surface area contributed by atoms with E-state index in [1.54, 1.807) is 0 Å². The number of ether oxygens (including phenoxy) is 1. The van der Waals surface area contributed by atoms with E-state index in [-0.39, 0.29) is 0 Å². The minimum Gasteiger partial charge on any atom is -0.381 e. The van der Waals surface area contributed by atoms with Gasteiger partial charge in [-0.3, -0.25) is 0 Å². The van der Waals surface area contributed by atoms with Crippen molar-refractivity contribution in [2.45, 2.75) is 27.2 Å². The van der Waals surface area contributed by atoms with E-state index in [1.165, 1.54) is 26.1 Å². The summed E-state index contributed by atoms with van der Waals surface area (Å²) in [5.74, 6) is 3.86. The molecular formula is C14H25NO. The lowest BCUT2D eigenvalue weighted by Crippen LogP contribution is -2.32. The van der Waals surface area contributed by atoms with Crippen LogP contribution in [0.1, 0.15) is 27.2 Å². The van der Waals surface area contributed by atoms with Gasteiger partial charge in [-0.05, 0) is 35.5 Å². The van der Waals surface area contributed by atoms with Gasteiger partial charge in [0.15, 0.2) is 0 Å². The molecule has 2 heteroatoms. The molecule has 0 N–H and O–H groups in total. The fraction of sp³-hybridized carbons (Fsp3) is 1.00. The first-order chi connectivity index (χ1) is 7.55. The molecule has 2 saturated heterocycles. The summed E-state index contributed by atoms with van der Waals surface area (Å²) in [5.41, 5.74) is 0.540. The summed E-state index contributed by atoms with van der Waals surface area (Å²) in [5, 5.41) is 0. The molecule has 3 fully saturated rings. The van der Waals surface area contributed by atoms with Crippen molar-refractivity contribution in [3.05, 3.63) is 0 Å². The van der Waals surface area contributed by atoms with Gasteiger partial charge >= 0.3 is 0 Å². The highest BCUT2D eigenvalue weighted by molar-refractivity contribution is 5.09. The van der Waals surface area contributed by atoms with Gasteiger partial charge in [-0.2, -0.15) is 0 Å². The maximum absolute atomic E-state index is 5.45. The highest BCUT2D eigenvalue weighted by Crippen LogP contribution is 2.59. The van der Waals surface area contributed by atoms with Crippen LogP contribution in [0.4, 0.5) is 0 Å². The molecule has 0 radical (unpaired) electrons. The van der Waals surface area contributed by atoms with E-state index in [4.69, 9.17) is 4.74 Å². The summed E-state index contributed by atoms with van der Waals surface area (Å²) in [6, 6.07) is 0. The standard InChI is InChI=1S/C14H25NO/c1-14(2,3)13-11-7-15(8-12(11)13)6-10-4-5-16-9-10/h10-13H,4-9H2,1-3H3. The molecule has 2 heterocycles. The second-order valence-electron chi connectivity index (χ2n) is 7.17. The van der Waals surface area contributed by atoms with Gasteiger partial charge in [0.25, 0.3) is 0 Å². The maximum Gasteiger partial charge on any atom is 0.0507 e. The van der Waals surface area contributed by atoms with Crippen molar-refractivity contribution >= 4 is 0 Å². The normalized spacial score (nSPS) is 43.7. The zero-order valence-corrected chi connectivity index (χ0v) is 10.9. The second-order valence-corrected chi connectivity index (χ2v) is 7.17. The largest absolute Gasteiger partial charge is 0.381 e. The molecular weight excluding hydrogens is 198 g/mol. The van der Waals surface area contributed by atoms with E-state index < -0.39 is 0 Å². The Morgan fingerprint density at radius 1 is 1.19 bits per heavy atom. The van der Waals surface area contributed by atoms with Crippen molar-refractivity contribution in [1.29, 1.82) is 0 Å². The SMILES string of the molecule is CC(C)(C)C1C2CN(CC3CCOC3)CC21. The minimum absolute atomic E-state index is 0.540. The van der Waals surface area contributed by atoms with Crippen molar-refractivity contribution < 1.29 is 4.74 Å². The van der Waals surface area contributed by atoms with Gasteiger partial charge in [0, 0.05) is 26.2 Å². The molecule has 0 bridgehead atoms. The zero-order valence-electron chi connectivity index (χ0n) is 10.9. The molecule has 3 atom stereocenters. The molecule has 0 spiro atoms. The monoisotopic (exact) mass is 223 g/mol. The average Bonchev–Trinajstić information content (AvgIpc) is 2.63. The molecule has 0 aromatic heterocycles. The van der Waals surface area contributed by atoms with Gasteiger partial charge in [-0.1, -0.05) is 20.8 Å². The van der Waals surface area contributed by atoms with Crippen LogP contribution in [-0.2, 0) is 4.74 Å². The molecule has 3 unspecified atom stereocenters. The smallest absolute Gasteiger partial charge is 0.0507 e. The van der Waals surface area contributed by atoms with Crippen LogP contribution in [0.25, 0.3) is 0 Å². The lowest BCUT2D eigenvalue weighted by atomic mass is 9.87. The van der Waals surface area contributed by atoms with E-state index in [2.05, 4.69) is 25.7 Å². The molecule has 0 amide bonds. The summed E-state index contributed by atoms with van der Waals surface area (Å²) in [4.78, 5) is 2.69. The Labute approximate surface area is 99.3 Å². The van der Waals surface area contributed by atoms with E-state index in [9.17, 15) is 0 Å². The fourth-order valence-corrected chi connectivity index (χ4v) is 4.14. The number of fused-ring (bicyclic) bond motifs is 1. The third-order valence-corrected chi connectivity index (χ3v) is 4.81. The van der Waals surface area contributed by atoms with Gasteiger partial charge < -0.3 is 9.64 Å². The van der Waals surface area contributed by atoms with E-state index in [0.717, 1.165) is 36.9 Å². The van der Waals surface area contributed by atoms with E-state index in [0.29, 0.717) is 5.41 Å². The number of rotatable bonds is 2. The Hall–Kier alpha value is -0.0800. The van der Waals surface area contributed by atoms with Gasteiger partial charge in [-0.25, -0.2) is 0 Å². The molecule has 2 nitrogen and oxygen atoms in total. The molecule has 0 aromatic carbocycles. The number of hydrogen-bond donors (Lipinski definition) is 0. The fourth-order valence-electron chi connectivity index (χ4n) is 4.14. The zero-order chi connectivity index (χ0) is 11.3.